The van der Waals surface area contributed by atoms with Crippen molar-refractivity contribution in [2.75, 3.05) is 5.73 Å². The molecule has 0 bridgehead atoms. The quantitative estimate of drug-likeness (QED) is 0.898. The van der Waals surface area contributed by atoms with Gasteiger partial charge in [0.25, 0.3) is 0 Å². The van der Waals surface area contributed by atoms with Gasteiger partial charge in [-0.3, -0.25) is 4.98 Å². The standard InChI is InChI=1S/C15H20N4/c1-19-14(16)13(12-8-5-9-17-10-12)18-15(19)11-6-3-2-4-7-11/h5,8-11H,2-4,6-7,16H2,1H3. The predicted octanol–water partition coefficient (Wildman–Crippen LogP) is 3.11. The van der Waals surface area contributed by atoms with Crippen molar-refractivity contribution in [1.82, 2.24) is 14.5 Å². The number of nitrogens with zero attached hydrogens (tertiary/aromatic N) is 3. The van der Waals surface area contributed by atoms with Crippen molar-refractivity contribution in [3.05, 3.63) is 30.4 Å². The maximum atomic E-state index is 6.21. The Bertz CT molecular complexity index is 553. The molecule has 0 amide bonds. The fourth-order valence-corrected chi connectivity index (χ4v) is 2.97. The van der Waals surface area contributed by atoms with Gasteiger partial charge in [0.15, 0.2) is 0 Å². The van der Waals surface area contributed by atoms with Crippen LogP contribution in [0.25, 0.3) is 11.3 Å². The van der Waals surface area contributed by atoms with Gasteiger partial charge in [0.1, 0.15) is 17.3 Å². The summed E-state index contributed by atoms with van der Waals surface area (Å²) < 4.78 is 2.05. The van der Waals surface area contributed by atoms with Crippen LogP contribution in [0.15, 0.2) is 24.5 Å². The van der Waals surface area contributed by atoms with E-state index in [4.69, 9.17) is 10.7 Å². The number of rotatable bonds is 2. The average molecular weight is 256 g/mol. The van der Waals surface area contributed by atoms with Crippen LogP contribution in [0, 0.1) is 0 Å². The predicted molar refractivity (Wildman–Crippen MR) is 76.7 cm³/mol. The highest BCUT2D eigenvalue weighted by Crippen LogP contribution is 2.35. The molecular formula is C15H20N4. The molecule has 1 aliphatic rings. The Morgan fingerprint density at radius 2 is 2.05 bits per heavy atom. The zero-order valence-electron chi connectivity index (χ0n) is 11.3. The zero-order valence-corrected chi connectivity index (χ0v) is 11.3. The van der Waals surface area contributed by atoms with Gasteiger partial charge in [0, 0.05) is 30.9 Å². The first kappa shape index (κ1) is 12.2. The van der Waals surface area contributed by atoms with E-state index >= 15 is 0 Å². The molecule has 2 aromatic heterocycles. The van der Waals surface area contributed by atoms with Crippen molar-refractivity contribution in [3.8, 4) is 11.3 Å². The molecule has 0 spiro atoms. The number of anilines is 1. The molecule has 1 fully saturated rings. The number of hydrogen-bond acceptors (Lipinski definition) is 3. The van der Waals surface area contributed by atoms with Crippen molar-refractivity contribution in [3.63, 3.8) is 0 Å². The monoisotopic (exact) mass is 256 g/mol. The summed E-state index contributed by atoms with van der Waals surface area (Å²) in [5.74, 6) is 2.44. The molecule has 2 heterocycles. The molecule has 0 aliphatic heterocycles. The average Bonchev–Trinajstić information content (AvgIpc) is 2.77. The van der Waals surface area contributed by atoms with Crippen molar-refractivity contribution in [2.45, 2.75) is 38.0 Å². The summed E-state index contributed by atoms with van der Waals surface area (Å²) in [5.41, 5.74) is 8.08. The van der Waals surface area contributed by atoms with Gasteiger partial charge in [-0.2, -0.15) is 0 Å². The molecule has 4 nitrogen and oxygen atoms in total. The molecule has 0 unspecified atom stereocenters. The van der Waals surface area contributed by atoms with Crippen LogP contribution in [0.1, 0.15) is 43.8 Å². The second-order valence-electron chi connectivity index (χ2n) is 5.34. The van der Waals surface area contributed by atoms with Crippen LogP contribution >= 0.6 is 0 Å². The number of nitrogens with two attached hydrogens (primary N) is 1. The molecule has 0 radical (unpaired) electrons. The molecule has 0 saturated heterocycles. The van der Waals surface area contributed by atoms with Gasteiger partial charge in [-0.15, -0.1) is 0 Å². The molecular weight excluding hydrogens is 236 g/mol. The zero-order chi connectivity index (χ0) is 13.2. The maximum Gasteiger partial charge on any atom is 0.131 e. The topological polar surface area (TPSA) is 56.7 Å². The van der Waals surface area contributed by atoms with Gasteiger partial charge >= 0.3 is 0 Å². The summed E-state index contributed by atoms with van der Waals surface area (Å²) in [6.07, 6.45) is 10.0. The van der Waals surface area contributed by atoms with Crippen LogP contribution in [-0.4, -0.2) is 14.5 Å². The molecule has 2 N–H and O–H groups in total. The molecule has 4 heteroatoms. The summed E-state index contributed by atoms with van der Waals surface area (Å²) in [5, 5.41) is 0. The van der Waals surface area contributed by atoms with E-state index in [2.05, 4.69) is 9.55 Å². The largest absolute Gasteiger partial charge is 0.383 e. The number of hydrogen-bond donors (Lipinski definition) is 1. The van der Waals surface area contributed by atoms with Crippen molar-refractivity contribution >= 4 is 5.82 Å². The van der Waals surface area contributed by atoms with Crippen LogP contribution in [0.2, 0.25) is 0 Å². The van der Waals surface area contributed by atoms with Gasteiger partial charge < -0.3 is 10.3 Å². The van der Waals surface area contributed by atoms with Gasteiger partial charge in [-0.25, -0.2) is 4.98 Å². The van der Waals surface area contributed by atoms with Crippen LogP contribution in [0.5, 0.6) is 0 Å². The van der Waals surface area contributed by atoms with Crippen LogP contribution in [0.3, 0.4) is 0 Å². The van der Waals surface area contributed by atoms with E-state index in [0.717, 1.165) is 22.9 Å². The molecule has 2 aromatic rings. The van der Waals surface area contributed by atoms with E-state index in [1.54, 1.807) is 6.20 Å². The Balaban J connectivity index is 1.99. The lowest BCUT2D eigenvalue weighted by Crippen LogP contribution is -2.11. The molecule has 100 valence electrons. The lowest BCUT2D eigenvalue weighted by atomic mass is 9.89. The Labute approximate surface area is 113 Å². The summed E-state index contributed by atoms with van der Waals surface area (Å²) in [6, 6.07) is 3.93. The summed E-state index contributed by atoms with van der Waals surface area (Å²) >= 11 is 0. The van der Waals surface area contributed by atoms with E-state index in [0.29, 0.717) is 5.92 Å². The minimum absolute atomic E-state index is 0.562. The Hall–Kier alpha value is -1.84. The SMILES string of the molecule is Cn1c(C2CCCCC2)nc(-c2cccnc2)c1N. The molecule has 1 saturated carbocycles. The normalized spacial score (nSPS) is 16.7. The van der Waals surface area contributed by atoms with Crippen LogP contribution < -0.4 is 5.73 Å². The van der Waals surface area contributed by atoms with Gasteiger partial charge in [0.05, 0.1) is 0 Å². The summed E-state index contributed by atoms with van der Waals surface area (Å²) in [6.45, 7) is 0. The number of imidazole rings is 1. The Morgan fingerprint density at radius 1 is 1.26 bits per heavy atom. The third-order valence-electron chi connectivity index (χ3n) is 4.08. The van der Waals surface area contributed by atoms with E-state index in [1.807, 2.05) is 25.4 Å². The van der Waals surface area contributed by atoms with E-state index in [9.17, 15) is 0 Å². The second-order valence-corrected chi connectivity index (χ2v) is 5.34. The third kappa shape index (κ3) is 2.23. The number of nitrogen functional groups attached to an aromatic ring is 1. The van der Waals surface area contributed by atoms with E-state index in [-0.39, 0.29) is 0 Å². The van der Waals surface area contributed by atoms with Crippen molar-refractivity contribution in [2.24, 2.45) is 7.05 Å². The molecule has 1 aliphatic carbocycles. The van der Waals surface area contributed by atoms with Crippen LogP contribution in [0.4, 0.5) is 5.82 Å². The highest BCUT2D eigenvalue weighted by molar-refractivity contribution is 5.70. The smallest absolute Gasteiger partial charge is 0.131 e. The fraction of sp³-hybridized carbons (Fsp3) is 0.467. The Morgan fingerprint density at radius 3 is 2.74 bits per heavy atom. The van der Waals surface area contributed by atoms with Crippen LogP contribution in [-0.2, 0) is 7.05 Å². The molecule has 3 rings (SSSR count). The first-order valence-electron chi connectivity index (χ1n) is 7.00. The maximum absolute atomic E-state index is 6.21. The Kier molecular flexibility index (Phi) is 3.23. The molecule has 0 atom stereocenters. The highest BCUT2D eigenvalue weighted by Gasteiger charge is 2.23. The van der Waals surface area contributed by atoms with Gasteiger partial charge in [-0.05, 0) is 25.0 Å². The van der Waals surface area contributed by atoms with Gasteiger partial charge in [-0.1, -0.05) is 19.3 Å². The van der Waals surface area contributed by atoms with Crippen molar-refractivity contribution < 1.29 is 0 Å². The first-order chi connectivity index (χ1) is 9.27. The van der Waals surface area contributed by atoms with E-state index < -0.39 is 0 Å². The minimum Gasteiger partial charge on any atom is -0.383 e. The number of aromatic nitrogens is 3. The van der Waals surface area contributed by atoms with E-state index in [1.165, 1.54) is 32.1 Å². The lowest BCUT2D eigenvalue weighted by Gasteiger charge is -2.21. The fourth-order valence-electron chi connectivity index (χ4n) is 2.97. The highest BCUT2D eigenvalue weighted by atomic mass is 15.1. The first-order valence-corrected chi connectivity index (χ1v) is 7.00. The number of pyridine rings is 1. The molecule has 19 heavy (non-hydrogen) atoms. The summed E-state index contributed by atoms with van der Waals surface area (Å²) in [7, 11) is 2.02. The summed E-state index contributed by atoms with van der Waals surface area (Å²) in [4.78, 5) is 8.95. The van der Waals surface area contributed by atoms with Gasteiger partial charge in [0.2, 0.25) is 0 Å². The van der Waals surface area contributed by atoms with Crippen molar-refractivity contribution in [1.29, 1.82) is 0 Å². The lowest BCUT2D eigenvalue weighted by molar-refractivity contribution is 0.422. The molecule has 0 aromatic carbocycles. The minimum atomic E-state index is 0.562. The second kappa shape index (κ2) is 5.03. The third-order valence-corrected chi connectivity index (χ3v) is 4.08.